The number of rotatable bonds is 7. The van der Waals surface area contributed by atoms with E-state index in [1.807, 2.05) is 16.8 Å². The van der Waals surface area contributed by atoms with Crippen molar-refractivity contribution in [2.75, 3.05) is 38.2 Å². The zero-order valence-electron chi connectivity index (χ0n) is 20.7. The molecular weight excluding hydrogens is 412 g/mol. The molecule has 1 atom stereocenters. The van der Waals surface area contributed by atoms with Gasteiger partial charge >= 0.3 is 0 Å². The van der Waals surface area contributed by atoms with Gasteiger partial charge in [-0.2, -0.15) is 0 Å². The van der Waals surface area contributed by atoms with Gasteiger partial charge in [-0.15, -0.1) is 5.10 Å². The van der Waals surface area contributed by atoms with Gasteiger partial charge in [0, 0.05) is 37.4 Å². The van der Waals surface area contributed by atoms with Gasteiger partial charge in [0.15, 0.2) is 5.82 Å². The van der Waals surface area contributed by atoms with Crippen molar-refractivity contribution < 1.29 is 4.74 Å². The number of para-hydroxylation sites is 1. The molecule has 2 heterocycles. The van der Waals surface area contributed by atoms with Crippen LogP contribution in [0, 0.1) is 13.8 Å². The summed E-state index contributed by atoms with van der Waals surface area (Å²) in [6.45, 7) is 14.6. The molecule has 0 N–H and O–H groups in total. The highest BCUT2D eigenvalue weighted by atomic mass is 16.5. The van der Waals surface area contributed by atoms with E-state index >= 15 is 0 Å². The third kappa shape index (κ3) is 4.60. The molecule has 7 heteroatoms. The zero-order valence-corrected chi connectivity index (χ0v) is 20.7. The number of ether oxygens (including phenoxy) is 1. The fourth-order valence-corrected chi connectivity index (χ4v) is 4.62. The van der Waals surface area contributed by atoms with Crippen LogP contribution in [0.5, 0.6) is 5.75 Å². The van der Waals surface area contributed by atoms with Crippen LogP contribution in [-0.4, -0.2) is 58.4 Å². The highest BCUT2D eigenvalue weighted by Gasteiger charge is 2.35. The minimum absolute atomic E-state index is 0.0808. The van der Waals surface area contributed by atoms with Gasteiger partial charge in [0.05, 0.1) is 12.6 Å². The minimum Gasteiger partial charge on any atom is -0.496 e. The molecule has 1 aromatic heterocycles. The monoisotopic (exact) mass is 448 g/mol. The highest BCUT2D eigenvalue weighted by molar-refractivity contribution is 5.55. The molecule has 176 valence electrons. The number of methoxy groups -OCH3 is 1. The number of aromatic nitrogens is 4. The molecule has 4 rings (SSSR count). The lowest BCUT2D eigenvalue weighted by molar-refractivity contribution is 0.184. The van der Waals surface area contributed by atoms with Crippen LogP contribution in [0.1, 0.15) is 55.7 Å². The Morgan fingerprint density at radius 2 is 1.76 bits per heavy atom. The number of hydrogen-bond donors (Lipinski definition) is 0. The normalized spacial score (nSPS) is 16.1. The Bertz CT molecular complexity index is 1080. The van der Waals surface area contributed by atoms with Crippen molar-refractivity contribution in [3.05, 3.63) is 65.0 Å². The van der Waals surface area contributed by atoms with Crippen LogP contribution < -0.4 is 9.64 Å². The summed E-state index contributed by atoms with van der Waals surface area (Å²) >= 11 is 0. The van der Waals surface area contributed by atoms with Crippen molar-refractivity contribution in [2.24, 2.45) is 0 Å². The van der Waals surface area contributed by atoms with E-state index in [0.717, 1.165) is 49.7 Å². The lowest BCUT2D eigenvalue weighted by atomic mass is 9.98. The van der Waals surface area contributed by atoms with Gasteiger partial charge in [0.25, 0.3) is 0 Å². The molecule has 0 amide bonds. The van der Waals surface area contributed by atoms with E-state index < -0.39 is 0 Å². The lowest BCUT2D eigenvalue weighted by Crippen LogP contribution is -2.49. The Hall–Kier alpha value is -2.93. The SMILES string of the molecule is CCC(C)(C)n1nnnc1[C@@H](c1ccccc1OC)N1CCN(c2cc(C)ccc2C)CC1. The van der Waals surface area contributed by atoms with E-state index in [1.165, 1.54) is 16.8 Å². The molecular formula is C26H36N6O. The highest BCUT2D eigenvalue weighted by Crippen LogP contribution is 2.36. The molecule has 7 nitrogen and oxygen atoms in total. The van der Waals surface area contributed by atoms with Gasteiger partial charge in [0.2, 0.25) is 0 Å². The molecule has 0 spiro atoms. The van der Waals surface area contributed by atoms with Crippen molar-refractivity contribution in [2.45, 2.75) is 52.6 Å². The smallest absolute Gasteiger partial charge is 0.173 e. The number of nitrogens with zero attached hydrogens (tertiary/aromatic N) is 6. The van der Waals surface area contributed by atoms with Gasteiger partial charge < -0.3 is 9.64 Å². The summed E-state index contributed by atoms with van der Waals surface area (Å²) < 4.78 is 7.77. The predicted octanol–water partition coefficient (Wildman–Crippen LogP) is 4.36. The van der Waals surface area contributed by atoms with Crippen molar-refractivity contribution in [1.82, 2.24) is 25.1 Å². The van der Waals surface area contributed by atoms with E-state index in [9.17, 15) is 0 Å². The fraction of sp³-hybridized carbons (Fsp3) is 0.500. The van der Waals surface area contributed by atoms with Crippen LogP contribution in [-0.2, 0) is 5.54 Å². The Kier molecular flexibility index (Phi) is 6.70. The fourth-order valence-electron chi connectivity index (χ4n) is 4.62. The van der Waals surface area contributed by atoms with Crippen molar-refractivity contribution in [3.63, 3.8) is 0 Å². The van der Waals surface area contributed by atoms with E-state index in [1.54, 1.807) is 7.11 Å². The van der Waals surface area contributed by atoms with Crippen LogP contribution in [0.2, 0.25) is 0 Å². The molecule has 1 saturated heterocycles. The average molecular weight is 449 g/mol. The first-order valence-corrected chi connectivity index (χ1v) is 11.8. The standard InChI is InChI=1S/C26H36N6O/c1-7-26(4,5)32-25(27-28-29-32)24(21-10-8-9-11-23(21)33-6)31-16-14-30(15-17-31)22-18-19(2)12-13-20(22)3/h8-13,18,24H,7,14-17H2,1-6H3/t24-/m1/s1. The molecule has 3 aromatic rings. The average Bonchev–Trinajstić information content (AvgIpc) is 3.32. The second-order valence-electron chi connectivity index (χ2n) is 9.57. The molecule has 0 unspecified atom stereocenters. The topological polar surface area (TPSA) is 59.3 Å². The van der Waals surface area contributed by atoms with Crippen LogP contribution in [0.3, 0.4) is 0 Å². The van der Waals surface area contributed by atoms with E-state index in [0.29, 0.717) is 0 Å². The van der Waals surface area contributed by atoms with Gasteiger partial charge in [-0.1, -0.05) is 37.3 Å². The summed E-state index contributed by atoms with van der Waals surface area (Å²) in [5.41, 5.74) is 4.87. The largest absolute Gasteiger partial charge is 0.496 e. The molecule has 0 aliphatic carbocycles. The number of hydrogen-bond acceptors (Lipinski definition) is 6. The maximum atomic E-state index is 5.77. The Morgan fingerprint density at radius 1 is 1.03 bits per heavy atom. The summed E-state index contributed by atoms with van der Waals surface area (Å²) in [7, 11) is 1.73. The summed E-state index contributed by atoms with van der Waals surface area (Å²) in [5, 5.41) is 13.1. The number of tetrazole rings is 1. The summed E-state index contributed by atoms with van der Waals surface area (Å²) in [6.07, 6.45) is 0.935. The number of anilines is 1. The summed E-state index contributed by atoms with van der Waals surface area (Å²) in [4.78, 5) is 4.99. The third-order valence-corrected chi connectivity index (χ3v) is 7.00. The van der Waals surface area contributed by atoms with E-state index in [2.05, 4.69) is 90.3 Å². The molecule has 1 aliphatic rings. The van der Waals surface area contributed by atoms with Gasteiger partial charge in [-0.05, 0) is 67.8 Å². The van der Waals surface area contributed by atoms with E-state index in [4.69, 9.17) is 4.74 Å². The number of piperazine rings is 1. The van der Waals surface area contributed by atoms with Crippen LogP contribution in [0.15, 0.2) is 42.5 Å². The van der Waals surface area contributed by atoms with Crippen LogP contribution in [0.25, 0.3) is 0 Å². The Morgan fingerprint density at radius 3 is 2.45 bits per heavy atom. The summed E-state index contributed by atoms with van der Waals surface area (Å²) in [6, 6.07) is 14.9. The maximum absolute atomic E-state index is 5.77. The number of benzene rings is 2. The van der Waals surface area contributed by atoms with E-state index in [-0.39, 0.29) is 11.6 Å². The second kappa shape index (κ2) is 9.51. The van der Waals surface area contributed by atoms with Crippen LogP contribution >= 0.6 is 0 Å². The Labute approximate surface area is 197 Å². The molecule has 1 fully saturated rings. The molecule has 2 aromatic carbocycles. The van der Waals surface area contributed by atoms with Gasteiger partial charge in [0.1, 0.15) is 11.8 Å². The third-order valence-electron chi connectivity index (χ3n) is 7.00. The molecule has 33 heavy (non-hydrogen) atoms. The van der Waals surface area contributed by atoms with Gasteiger partial charge in [-0.25, -0.2) is 4.68 Å². The zero-order chi connectivity index (χ0) is 23.6. The summed E-state index contributed by atoms with van der Waals surface area (Å²) in [5.74, 6) is 1.73. The molecule has 1 aliphatic heterocycles. The Balaban J connectivity index is 1.69. The van der Waals surface area contributed by atoms with Crippen molar-refractivity contribution >= 4 is 5.69 Å². The molecule has 0 radical (unpaired) electrons. The van der Waals surface area contributed by atoms with Crippen molar-refractivity contribution in [3.8, 4) is 5.75 Å². The maximum Gasteiger partial charge on any atom is 0.173 e. The predicted molar refractivity (Wildman–Crippen MR) is 132 cm³/mol. The minimum atomic E-state index is -0.181. The second-order valence-corrected chi connectivity index (χ2v) is 9.57. The number of aryl methyl sites for hydroxylation is 2. The first kappa shape index (κ1) is 23.2. The molecule has 0 saturated carbocycles. The van der Waals surface area contributed by atoms with Crippen molar-refractivity contribution in [1.29, 1.82) is 0 Å². The van der Waals surface area contributed by atoms with Crippen LogP contribution in [0.4, 0.5) is 5.69 Å². The first-order chi connectivity index (χ1) is 15.9. The first-order valence-electron chi connectivity index (χ1n) is 11.8. The quantitative estimate of drug-likeness (QED) is 0.535. The lowest BCUT2D eigenvalue weighted by Gasteiger charge is -2.41. The molecule has 0 bridgehead atoms. The van der Waals surface area contributed by atoms with Gasteiger partial charge in [-0.3, -0.25) is 4.90 Å².